The Hall–Kier alpha value is -1.21. The van der Waals surface area contributed by atoms with Crippen molar-refractivity contribution in [1.82, 2.24) is 4.98 Å². The first kappa shape index (κ1) is 9.87. The summed E-state index contributed by atoms with van der Waals surface area (Å²) < 4.78 is 29.5. The third-order valence-corrected chi connectivity index (χ3v) is 1.90. The first-order valence-corrected chi connectivity index (χ1v) is 4.40. The molecule has 1 rings (SSSR count). The Morgan fingerprint density at radius 3 is 2.62 bits per heavy atom. The molecular weight excluding hydrogens is 222 g/mol. The highest BCUT2D eigenvalue weighted by Gasteiger charge is 2.15. The maximum Gasteiger partial charge on any atom is 0.359 e. The van der Waals surface area contributed by atoms with Crippen LogP contribution < -0.4 is 0 Å². The van der Waals surface area contributed by atoms with Crippen LogP contribution >= 0.6 is 11.6 Å². The van der Waals surface area contributed by atoms with Crippen molar-refractivity contribution < 1.29 is 22.4 Å². The average molecular weight is 226 g/mol. The molecule has 72 valence electrons. The molecule has 1 N–H and O–H groups in total. The van der Waals surface area contributed by atoms with Crippen LogP contribution in [-0.4, -0.2) is 26.5 Å². The Kier molecular flexibility index (Phi) is 2.79. The molecule has 0 saturated carbocycles. The van der Waals surface area contributed by atoms with Crippen LogP contribution in [0, 0.1) is 4.84 Å². The van der Waals surface area contributed by atoms with E-state index < -0.39 is 21.1 Å². The summed E-state index contributed by atoms with van der Waals surface area (Å²) >= 11 is 5.39. The zero-order valence-corrected chi connectivity index (χ0v) is 7.90. The van der Waals surface area contributed by atoms with E-state index in [0.29, 0.717) is 0 Å². The number of aromatic amines is 1. The number of methoxy groups -OCH3 is 1. The van der Waals surface area contributed by atoms with Gasteiger partial charge in [0.15, 0.2) is 5.69 Å². The van der Waals surface area contributed by atoms with Gasteiger partial charge >= 0.3 is 10.8 Å². The van der Waals surface area contributed by atoms with Gasteiger partial charge in [-0.05, 0) is 11.6 Å². The van der Waals surface area contributed by atoms with Gasteiger partial charge in [-0.15, -0.1) is 0 Å². The van der Waals surface area contributed by atoms with E-state index in [1.165, 1.54) is 0 Å². The van der Waals surface area contributed by atoms with Crippen molar-refractivity contribution in [1.29, 1.82) is 0 Å². The molecule has 1 aromatic rings. The molecule has 0 amide bonds. The topological polar surface area (TPSA) is 89.4 Å². The molecule has 8 heteroatoms. The van der Waals surface area contributed by atoms with E-state index >= 15 is 0 Å². The molecule has 1 aromatic heterocycles. The summed E-state index contributed by atoms with van der Waals surface area (Å²) in [6, 6.07) is 0. The Bertz CT molecular complexity index is 487. The van der Waals surface area contributed by atoms with Gasteiger partial charge in [-0.1, -0.05) is 0 Å². The fourth-order valence-electron chi connectivity index (χ4n) is 0.618. The van der Waals surface area contributed by atoms with Crippen molar-refractivity contribution in [3.8, 4) is 0 Å². The van der Waals surface area contributed by atoms with Crippen molar-refractivity contribution in [2.24, 2.45) is 0 Å². The zero-order valence-electron chi connectivity index (χ0n) is 6.33. The number of ether oxygens (including phenoxy) is 1. The molecule has 1 heterocycles. The molecule has 0 aliphatic carbocycles. The zero-order chi connectivity index (χ0) is 10.0. The van der Waals surface area contributed by atoms with Crippen LogP contribution in [0.2, 0.25) is 5.22 Å². The maximum atomic E-state index is 10.9. The summed E-state index contributed by atoms with van der Waals surface area (Å²) in [6.07, 6.45) is 0. The molecule has 0 fully saturated rings. The lowest BCUT2D eigenvalue weighted by atomic mass is 10.5. The molecule has 0 aliphatic heterocycles. The number of halogens is 1. The molecule has 0 aromatic carbocycles. The highest BCUT2D eigenvalue weighted by Crippen LogP contribution is 2.14. The second-order valence-corrected chi connectivity index (χ2v) is 3.07. The van der Waals surface area contributed by atoms with Crippen molar-refractivity contribution in [2.75, 3.05) is 7.11 Å². The summed E-state index contributed by atoms with van der Waals surface area (Å²) in [6.45, 7) is 0. The third kappa shape index (κ3) is 1.93. The molecule has 0 atom stereocenters. The number of aromatic nitrogens is 1. The van der Waals surface area contributed by atoms with E-state index in [0.717, 1.165) is 7.11 Å². The predicted molar refractivity (Wildman–Crippen MR) is 41.6 cm³/mol. The quantitative estimate of drug-likeness (QED) is 0.554. The molecule has 13 heavy (non-hydrogen) atoms. The fourth-order valence-corrected chi connectivity index (χ4v) is 1.20. The maximum absolute atomic E-state index is 10.9. The highest BCUT2D eigenvalue weighted by atomic mass is 35.5. The Morgan fingerprint density at radius 1 is 1.62 bits per heavy atom. The number of carbonyl (C=O) groups is 1. The second kappa shape index (κ2) is 3.67. The number of esters is 1. The van der Waals surface area contributed by atoms with Crippen molar-refractivity contribution in [2.45, 2.75) is 0 Å². The lowest BCUT2D eigenvalue weighted by Crippen LogP contribution is -2.01. The first-order chi connectivity index (χ1) is 6.06. The number of carbonyl (C=O) groups excluding carboxylic acids is 1. The van der Waals surface area contributed by atoms with E-state index in [-0.39, 0.29) is 10.9 Å². The lowest BCUT2D eigenvalue weighted by molar-refractivity contribution is 0.0594. The van der Waals surface area contributed by atoms with Gasteiger partial charge in [0.2, 0.25) is 5.22 Å². The third-order valence-electron chi connectivity index (χ3n) is 1.15. The number of hydrogen-bond acceptors (Lipinski definition) is 5. The van der Waals surface area contributed by atoms with E-state index in [2.05, 4.69) is 14.1 Å². The summed E-state index contributed by atoms with van der Waals surface area (Å²) in [5.74, 6) is -0.801. The van der Waals surface area contributed by atoms with E-state index in [4.69, 9.17) is 11.6 Å². The van der Waals surface area contributed by atoms with Crippen LogP contribution in [0.15, 0.2) is 4.42 Å². The van der Waals surface area contributed by atoms with E-state index in [9.17, 15) is 13.2 Å². The van der Waals surface area contributed by atoms with Crippen LogP contribution in [0.1, 0.15) is 10.5 Å². The van der Waals surface area contributed by atoms with Gasteiger partial charge < -0.3 is 14.1 Å². The predicted octanol–water partition coefficient (Wildman–Crippen LogP) is 0.459. The van der Waals surface area contributed by atoms with Gasteiger partial charge in [-0.2, -0.15) is 8.42 Å². The Morgan fingerprint density at radius 2 is 2.23 bits per heavy atom. The normalized spacial score (nSPS) is 9.69. The van der Waals surface area contributed by atoms with Gasteiger partial charge in [0.25, 0.3) is 10.3 Å². The molecular formula is C5H4ClNO5S. The molecule has 0 unspecified atom stereocenters. The van der Waals surface area contributed by atoms with Crippen molar-refractivity contribution in [3.05, 3.63) is 15.8 Å². The fraction of sp³-hybridized carbons (Fsp3) is 0.200. The van der Waals surface area contributed by atoms with Crippen LogP contribution in [0.3, 0.4) is 0 Å². The minimum atomic E-state index is -2.60. The summed E-state index contributed by atoms with van der Waals surface area (Å²) in [7, 11) is -1.47. The number of rotatable bonds is 1. The van der Waals surface area contributed by atoms with Gasteiger partial charge in [0, 0.05) is 0 Å². The summed E-state index contributed by atoms with van der Waals surface area (Å²) in [5.41, 5.74) is -0.233. The van der Waals surface area contributed by atoms with Gasteiger partial charge in [-0.3, -0.25) is 0 Å². The largest absolute Gasteiger partial charge is 0.464 e. The summed E-state index contributed by atoms with van der Waals surface area (Å²) in [5, 5.41) is -0.356. The first-order valence-electron chi connectivity index (χ1n) is 2.95. The molecule has 0 spiro atoms. The standard InChI is InChI=1S/C5H4ClNO5S/c1-11-4(8)2-3(6)12-5(7-2)13(9)10/h7H,1H3. The Balaban J connectivity index is 3.44. The van der Waals surface area contributed by atoms with Gasteiger partial charge in [-0.25, -0.2) is 4.79 Å². The smallest absolute Gasteiger partial charge is 0.359 e. The summed E-state index contributed by atoms with van der Waals surface area (Å²) in [4.78, 5) is 12.5. The molecule has 6 nitrogen and oxygen atoms in total. The van der Waals surface area contributed by atoms with E-state index in [1.807, 2.05) is 0 Å². The minimum Gasteiger partial charge on any atom is -0.464 e. The monoisotopic (exact) mass is 225 g/mol. The lowest BCUT2D eigenvalue weighted by Gasteiger charge is -1.91. The number of H-pyrrole nitrogens is 1. The van der Waals surface area contributed by atoms with Gasteiger partial charge in [0.1, 0.15) is 0 Å². The minimum absolute atomic E-state index is 0.233. The SMILES string of the molecule is COC(=O)c1[nH]c(=S(=O)=O)oc1Cl. The Labute approximate surface area is 78.6 Å². The van der Waals surface area contributed by atoms with Gasteiger partial charge in [0.05, 0.1) is 7.11 Å². The number of oxazole rings is 1. The van der Waals surface area contributed by atoms with Crippen LogP contribution in [0.25, 0.3) is 0 Å². The molecule has 0 radical (unpaired) electrons. The molecule has 0 saturated heterocycles. The average Bonchev–Trinajstić information content (AvgIpc) is 2.46. The molecule has 0 aliphatic rings. The van der Waals surface area contributed by atoms with Crippen LogP contribution in [0.5, 0.6) is 0 Å². The second-order valence-electron chi connectivity index (χ2n) is 1.89. The highest BCUT2D eigenvalue weighted by molar-refractivity contribution is 7.63. The van der Waals surface area contributed by atoms with Crippen LogP contribution in [0.4, 0.5) is 0 Å². The number of nitrogens with one attached hydrogen (secondary N) is 1. The number of hydrogen-bond donors (Lipinski definition) is 1. The van der Waals surface area contributed by atoms with Crippen LogP contribution in [-0.2, 0) is 15.0 Å². The molecule has 0 bridgehead atoms. The van der Waals surface area contributed by atoms with E-state index in [1.54, 1.807) is 0 Å². The van der Waals surface area contributed by atoms with Crippen molar-refractivity contribution >= 4 is 27.9 Å². The van der Waals surface area contributed by atoms with Crippen molar-refractivity contribution in [3.63, 3.8) is 0 Å².